The number of hydrogen-bond acceptors (Lipinski definition) is 3. The highest BCUT2D eigenvalue weighted by Gasteiger charge is 2.26. The van der Waals surface area contributed by atoms with Crippen molar-refractivity contribution < 1.29 is 9.57 Å². The van der Waals surface area contributed by atoms with Crippen molar-refractivity contribution in [2.45, 2.75) is 45.6 Å². The Morgan fingerprint density at radius 1 is 0.926 bits per heavy atom. The summed E-state index contributed by atoms with van der Waals surface area (Å²) >= 11 is 0. The first-order valence-corrected chi connectivity index (χ1v) is 9.65. The number of oxime groups is 1. The quantitative estimate of drug-likeness (QED) is 0.377. The summed E-state index contributed by atoms with van der Waals surface area (Å²) in [6.45, 7) is 6.88. The molecule has 0 aliphatic heterocycles. The van der Waals surface area contributed by atoms with Crippen molar-refractivity contribution in [1.29, 1.82) is 0 Å². The topological polar surface area (TPSA) is 30.8 Å². The highest BCUT2D eigenvalue weighted by Crippen LogP contribution is 2.37. The lowest BCUT2D eigenvalue weighted by Gasteiger charge is -2.16. The first kappa shape index (κ1) is 19.4. The summed E-state index contributed by atoms with van der Waals surface area (Å²) in [4.78, 5) is 5.76. The Labute approximate surface area is 162 Å². The van der Waals surface area contributed by atoms with Crippen LogP contribution in [0.15, 0.2) is 53.7 Å². The molecule has 0 aromatic heterocycles. The summed E-state index contributed by atoms with van der Waals surface area (Å²) in [5.74, 6) is 0. The van der Waals surface area contributed by atoms with Crippen LogP contribution in [0.1, 0.15) is 56.7 Å². The highest BCUT2D eigenvalue weighted by molar-refractivity contribution is 6.24. The lowest BCUT2D eigenvalue weighted by Crippen LogP contribution is -2.17. The van der Waals surface area contributed by atoms with E-state index in [0.29, 0.717) is 0 Å². The number of unbranched alkanes of at least 4 members (excludes halogenated alkanes) is 2. The fraction of sp³-hybridized carbons (Fsp3) is 0.375. The van der Waals surface area contributed by atoms with Crippen molar-refractivity contribution in [2.75, 3.05) is 13.7 Å². The van der Waals surface area contributed by atoms with Crippen LogP contribution in [0.4, 0.5) is 0 Å². The van der Waals surface area contributed by atoms with Crippen molar-refractivity contribution >= 4 is 11.8 Å². The van der Waals surface area contributed by atoms with Gasteiger partial charge >= 0.3 is 0 Å². The number of nitrogens with zero attached hydrogens (tertiary/aromatic N) is 1. The summed E-state index contributed by atoms with van der Waals surface area (Å²) in [6.07, 6.45) is 7.74. The number of methoxy groups -OCH3 is 1. The van der Waals surface area contributed by atoms with E-state index >= 15 is 0 Å². The number of fused-ring (bicyclic) bond motifs is 3. The molecule has 1 aliphatic rings. The van der Waals surface area contributed by atoms with E-state index in [-0.39, 0.29) is 5.60 Å². The zero-order chi connectivity index (χ0) is 19.3. The third-order valence-corrected chi connectivity index (χ3v) is 4.46. The first-order chi connectivity index (χ1) is 13.0. The molecule has 0 amide bonds. The fourth-order valence-electron chi connectivity index (χ4n) is 3.17. The van der Waals surface area contributed by atoms with E-state index in [0.717, 1.165) is 42.7 Å². The van der Waals surface area contributed by atoms with Gasteiger partial charge in [-0.3, -0.25) is 0 Å². The minimum atomic E-state index is -0.315. The molecule has 2 aromatic carbocycles. The molecule has 0 fully saturated rings. The van der Waals surface area contributed by atoms with E-state index in [1.54, 1.807) is 7.11 Å². The molecule has 3 rings (SSSR count). The van der Waals surface area contributed by atoms with Crippen LogP contribution < -0.4 is 0 Å². The van der Waals surface area contributed by atoms with Gasteiger partial charge in [0.25, 0.3) is 0 Å². The molecule has 142 valence electrons. The molecule has 0 N–H and O–H groups in total. The Morgan fingerprint density at radius 3 is 2.41 bits per heavy atom. The lowest BCUT2D eigenvalue weighted by molar-refractivity contribution is 0.00121. The second-order valence-electron chi connectivity index (χ2n) is 7.89. The van der Waals surface area contributed by atoms with Crippen molar-refractivity contribution in [1.82, 2.24) is 0 Å². The SMILES string of the molecule is COCCCC/C=C/c1ccc2c(c1)/C(=N/OC(C)(C)C)c1ccccc1-2. The Morgan fingerprint density at radius 2 is 1.67 bits per heavy atom. The number of hydrogen-bond donors (Lipinski definition) is 0. The van der Waals surface area contributed by atoms with Crippen LogP contribution in [-0.2, 0) is 9.57 Å². The Hall–Kier alpha value is -2.39. The third-order valence-electron chi connectivity index (χ3n) is 4.46. The van der Waals surface area contributed by atoms with E-state index in [4.69, 9.17) is 9.57 Å². The second kappa shape index (κ2) is 8.53. The summed E-state index contributed by atoms with van der Waals surface area (Å²) < 4.78 is 5.10. The van der Waals surface area contributed by atoms with Crippen LogP contribution in [0.2, 0.25) is 0 Å². The van der Waals surface area contributed by atoms with E-state index in [1.165, 1.54) is 16.7 Å². The van der Waals surface area contributed by atoms with Gasteiger partial charge in [0.15, 0.2) is 0 Å². The smallest absolute Gasteiger partial charge is 0.129 e. The standard InChI is InChI=1S/C24H29NO2/c1-24(2,3)27-25-23-21-13-9-8-12-19(21)20-15-14-18(17-22(20)23)11-7-5-6-10-16-26-4/h7-9,11-15,17H,5-6,10,16H2,1-4H3/b11-7+,25-23+. The molecule has 0 radical (unpaired) electrons. The van der Waals surface area contributed by atoms with Crippen LogP contribution in [0, 0.1) is 0 Å². The van der Waals surface area contributed by atoms with Gasteiger partial charge in [-0.1, -0.05) is 53.7 Å². The molecule has 2 aromatic rings. The van der Waals surface area contributed by atoms with E-state index in [9.17, 15) is 0 Å². The van der Waals surface area contributed by atoms with E-state index in [2.05, 4.69) is 59.8 Å². The molecule has 0 atom stereocenters. The van der Waals surface area contributed by atoms with Crippen molar-refractivity contribution in [3.05, 3.63) is 65.2 Å². The van der Waals surface area contributed by atoms with Gasteiger partial charge in [-0.15, -0.1) is 0 Å². The van der Waals surface area contributed by atoms with Gasteiger partial charge in [0.1, 0.15) is 11.3 Å². The predicted molar refractivity (Wildman–Crippen MR) is 113 cm³/mol. The summed E-state index contributed by atoms with van der Waals surface area (Å²) in [7, 11) is 1.75. The predicted octanol–water partition coefficient (Wildman–Crippen LogP) is 6.06. The van der Waals surface area contributed by atoms with E-state index in [1.807, 2.05) is 20.8 Å². The average molecular weight is 364 g/mol. The van der Waals surface area contributed by atoms with E-state index < -0.39 is 0 Å². The summed E-state index contributed by atoms with van der Waals surface area (Å²) in [5.41, 5.74) is 6.52. The molecule has 1 aliphatic carbocycles. The zero-order valence-electron chi connectivity index (χ0n) is 16.8. The summed E-state index contributed by atoms with van der Waals surface area (Å²) in [5, 5.41) is 4.53. The molecule has 0 saturated heterocycles. The van der Waals surface area contributed by atoms with Crippen LogP contribution >= 0.6 is 0 Å². The zero-order valence-corrected chi connectivity index (χ0v) is 16.8. The Bertz CT molecular complexity index is 844. The number of rotatable bonds is 7. The van der Waals surface area contributed by atoms with Gasteiger partial charge < -0.3 is 9.57 Å². The molecule has 3 heteroatoms. The molecule has 27 heavy (non-hydrogen) atoms. The number of ether oxygens (including phenoxy) is 1. The maximum absolute atomic E-state index is 5.76. The largest absolute Gasteiger partial charge is 0.390 e. The van der Waals surface area contributed by atoms with Crippen molar-refractivity contribution in [3.8, 4) is 11.1 Å². The molecule has 0 spiro atoms. The first-order valence-electron chi connectivity index (χ1n) is 9.65. The normalized spacial score (nSPS) is 14.6. The monoisotopic (exact) mass is 363 g/mol. The van der Waals surface area contributed by atoms with Gasteiger partial charge in [0.05, 0.1) is 0 Å². The molecule has 0 saturated carbocycles. The fourth-order valence-corrected chi connectivity index (χ4v) is 3.17. The highest BCUT2D eigenvalue weighted by atomic mass is 16.6. The molecular weight excluding hydrogens is 334 g/mol. The Balaban J connectivity index is 1.85. The van der Waals surface area contributed by atoms with Crippen molar-refractivity contribution in [3.63, 3.8) is 0 Å². The maximum atomic E-state index is 5.76. The number of benzene rings is 2. The molecule has 0 bridgehead atoms. The molecule has 0 unspecified atom stereocenters. The lowest BCUT2D eigenvalue weighted by atomic mass is 10.0. The minimum Gasteiger partial charge on any atom is -0.390 e. The third kappa shape index (κ3) is 4.86. The number of allylic oxidation sites excluding steroid dienone is 1. The van der Waals surface area contributed by atoms with Crippen LogP contribution in [0.3, 0.4) is 0 Å². The van der Waals surface area contributed by atoms with Crippen LogP contribution in [0.25, 0.3) is 17.2 Å². The average Bonchev–Trinajstić information content (AvgIpc) is 2.95. The van der Waals surface area contributed by atoms with Gasteiger partial charge in [0.2, 0.25) is 0 Å². The minimum absolute atomic E-state index is 0.315. The van der Waals surface area contributed by atoms with Gasteiger partial charge in [-0.05, 0) is 62.8 Å². The molecule has 3 nitrogen and oxygen atoms in total. The second-order valence-corrected chi connectivity index (χ2v) is 7.89. The Kier molecular flexibility index (Phi) is 6.12. The van der Waals surface area contributed by atoms with Crippen LogP contribution in [0.5, 0.6) is 0 Å². The summed E-state index contributed by atoms with van der Waals surface area (Å²) in [6, 6.07) is 15.0. The molecular formula is C24H29NO2. The molecule has 0 heterocycles. The van der Waals surface area contributed by atoms with Gasteiger partial charge in [0, 0.05) is 24.8 Å². The van der Waals surface area contributed by atoms with Crippen molar-refractivity contribution in [2.24, 2.45) is 5.16 Å². The van der Waals surface area contributed by atoms with Gasteiger partial charge in [-0.2, -0.15) is 0 Å². The van der Waals surface area contributed by atoms with Crippen LogP contribution in [-0.4, -0.2) is 25.0 Å². The van der Waals surface area contributed by atoms with Gasteiger partial charge in [-0.25, -0.2) is 0 Å². The maximum Gasteiger partial charge on any atom is 0.129 e.